The van der Waals surface area contributed by atoms with Crippen LogP contribution in [0.3, 0.4) is 0 Å². The average Bonchev–Trinajstić information content (AvgIpc) is 2.66. The van der Waals surface area contributed by atoms with Crippen LogP contribution in [0.2, 0.25) is 0 Å². The standard InChI is InChI=1S/C12H8BrNO4S2/c13-7-1-2-8(18-5-10(15)16)6(3-7)4-9-11(17)14-12(19)20-9/h1-4H,5H2,(H,15,16)(H,14,17,19)/b9-4+. The first kappa shape index (κ1) is 15.0. The Morgan fingerprint density at radius 2 is 2.30 bits per heavy atom. The minimum absolute atomic E-state index is 0.274. The van der Waals surface area contributed by atoms with Crippen LogP contribution in [0.1, 0.15) is 5.56 Å². The molecule has 104 valence electrons. The molecule has 1 saturated heterocycles. The van der Waals surface area contributed by atoms with Crippen molar-refractivity contribution in [2.45, 2.75) is 0 Å². The normalized spacial score (nSPS) is 16.4. The van der Waals surface area contributed by atoms with Gasteiger partial charge in [0.1, 0.15) is 10.1 Å². The highest BCUT2D eigenvalue weighted by Crippen LogP contribution is 2.31. The number of amides is 1. The molecule has 1 aliphatic rings. The first-order valence-electron chi connectivity index (χ1n) is 5.34. The lowest BCUT2D eigenvalue weighted by Gasteiger charge is -2.08. The molecule has 1 aliphatic heterocycles. The highest BCUT2D eigenvalue weighted by atomic mass is 79.9. The summed E-state index contributed by atoms with van der Waals surface area (Å²) in [5, 5.41) is 11.2. The van der Waals surface area contributed by atoms with Crippen molar-refractivity contribution in [1.82, 2.24) is 5.32 Å². The molecule has 0 aromatic heterocycles. The van der Waals surface area contributed by atoms with E-state index in [9.17, 15) is 9.59 Å². The second-order valence-electron chi connectivity index (χ2n) is 3.72. The van der Waals surface area contributed by atoms with Gasteiger partial charge in [-0.1, -0.05) is 39.9 Å². The molecule has 1 aromatic rings. The molecule has 1 heterocycles. The lowest BCUT2D eigenvalue weighted by atomic mass is 10.2. The van der Waals surface area contributed by atoms with Gasteiger partial charge >= 0.3 is 5.97 Å². The number of carbonyl (C=O) groups is 2. The van der Waals surface area contributed by atoms with Crippen molar-refractivity contribution < 1.29 is 19.4 Å². The molecule has 5 nitrogen and oxygen atoms in total. The van der Waals surface area contributed by atoms with Gasteiger partial charge in [0.2, 0.25) is 0 Å². The average molecular weight is 374 g/mol. The summed E-state index contributed by atoms with van der Waals surface area (Å²) in [7, 11) is 0. The van der Waals surface area contributed by atoms with Crippen LogP contribution >= 0.6 is 39.9 Å². The van der Waals surface area contributed by atoms with Gasteiger partial charge in [-0.05, 0) is 24.3 Å². The topological polar surface area (TPSA) is 75.6 Å². The van der Waals surface area contributed by atoms with Crippen LogP contribution in [0.4, 0.5) is 0 Å². The summed E-state index contributed by atoms with van der Waals surface area (Å²) in [5.74, 6) is -0.959. The van der Waals surface area contributed by atoms with E-state index < -0.39 is 12.6 Å². The Kier molecular flexibility index (Phi) is 4.79. The van der Waals surface area contributed by atoms with Crippen LogP contribution in [0.5, 0.6) is 5.75 Å². The molecule has 0 saturated carbocycles. The lowest BCUT2D eigenvalue weighted by Crippen LogP contribution is -2.17. The summed E-state index contributed by atoms with van der Waals surface area (Å²) in [6.45, 7) is -0.449. The summed E-state index contributed by atoms with van der Waals surface area (Å²) in [5.41, 5.74) is 0.600. The van der Waals surface area contributed by atoms with E-state index in [1.54, 1.807) is 24.3 Å². The maximum Gasteiger partial charge on any atom is 0.341 e. The van der Waals surface area contributed by atoms with Crippen molar-refractivity contribution in [3.05, 3.63) is 33.1 Å². The summed E-state index contributed by atoms with van der Waals surface area (Å²) < 4.78 is 6.37. The number of benzene rings is 1. The number of aliphatic carboxylic acids is 1. The van der Waals surface area contributed by atoms with Crippen LogP contribution in [0, 0.1) is 0 Å². The first-order chi connectivity index (χ1) is 9.45. The number of hydrogen-bond acceptors (Lipinski definition) is 5. The van der Waals surface area contributed by atoms with Gasteiger partial charge in [-0.2, -0.15) is 0 Å². The van der Waals surface area contributed by atoms with Gasteiger partial charge in [-0.15, -0.1) is 0 Å². The van der Waals surface area contributed by atoms with E-state index in [0.29, 0.717) is 20.5 Å². The highest BCUT2D eigenvalue weighted by Gasteiger charge is 2.22. The Balaban J connectivity index is 2.32. The third-order valence-corrected chi connectivity index (χ3v) is 3.91. The maximum atomic E-state index is 11.6. The summed E-state index contributed by atoms with van der Waals surface area (Å²) in [4.78, 5) is 22.6. The summed E-state index contributed by atoms with van der Waals surface area (Å²) in [6, 6.07) is 5.10. The Labute approximate surface area is 132 Å². The van der Waals surface area contributed by atoms with Crippen molar-refractivity contribution >= 4 is 62.2 Å². The molecular formula is C12H8BrNO4S2. The van der Waals surface area contributed by atoms with Crippen molar-refractivity contribution in [1.29, 1.82) is 0 Å². The molecule has 0 aliphatic carbocycles. The van der Waals surface area contributed by atoms with Gasteiger partial charge in [0.15, 0.2) is 6.61 Å². The van der Waals surface area contributed by atoms with Crippen molar-refractivity contribution in [2.75, 3.05) is 6.61 Å². The number of ether oxygens (including phenoxy) is 1. The highest BCUT2D eigenvalue weighted by molar-refractivity contribution is 9.10. The molecule has 0 spiro atoms. The minimum atomic E-state index is -1.07. The quantitative estimate of drug-likeness (QED) is 0.623. The number of thioether (sulfide) groups is 1. The zero-order valence-electron chi connectivity index (χ0n) is 9.88. The molecule has 1 aromatic carbocycles. The van der Waals surface area contributed by atoms with E-state index in [0.717, 1.165) is 16.2 Å². The molecule has 20 heavy (non-hydrogen) atoms. The molecule has 2 rings (SSSR count). The summed E-state index contributed by atoms with van der Waals surface area (Å²) >= 11 is 9.38. The minimum Gasteiger partial charge on any atom is -0.481 e. The third-order valence-electron chi connectivity index (χ3n) is 2.25. The third kappa shape index (κ3) is 3.81. The Morgan fingerprint density at radius 3 is 2.90 bits per heavy atom. The first-order valence-corrected chi connectivity index (χ1v) is 7.36. The zero-order chi connectivity index (χ0) is 14.7. The molecule has 1 amide bonds. The van der Waals surface area contributed by atoms with Crippen LogP contribution in [-0.4, -0.2) is 27.9 Å². The SMILES string of the molecule is O=C(O)COc1ccc(Br)cc1/C=C1/SC(=S)NC1=O. The number of rotatable bonds is 4. The number of halogens is 1. The fraction of sp³-hybridized carbons (Fsp3) is 0.0833. The maximum absolute atomic E-state index is 11.6. The largest absolute Gasteiger partial charge is 0.481 e. The number of thiocarbonyl (C=S) groups is 1. The van der Waals surface area contributed by atoms with Crippen molar-refractivity contribution in [3.8, 4) is 5.75 Å². The molecule has 8 heteroatoms. The van der Waals surface area contributed by atoms with Crippen LogP contribution < -0.4 is 10.1 Å². The number of carbonyl (C=O) groups excluding carboxylic acids is 1. The number of hydrogen-bond donors (Lipinski definition) is 2. The predicted octanol–water partition coefficient (Wildman–Crippen LogP) is 2.40. The second-order valence-corrected chi connectivity index (χ2v) is 6.35. The van der Waals surface area contributed by atoms with E-state index in [-0.39, 0.29) is 5.91 Å². The molecule has 0 atom stereocenters. The lowest BCUT2D eigenvalue weighted by molar-refractivity contribution is -0.139. The zero-order valence-corrected chi connectivity index (χ0v) is 13.1. The smallest absolute Gasteiger partial charge is 0.341 e. The second kappa shape index (κ2) is 6.38. The van der Waals surface area contributed by atoms with E-state index in [2.05, 4.69) is 21.2 Å². The Bertz CT molecular complexity index is 630. The molecule has 2 N–H and O–H groups in total. The van der Waals surface area contributed by atoms with Gasteiger partial charge in [-0.3, -0.25) is 4.79 Å². The Morgan fingerprint density at radius 1 is 1.55 bits per heavy atom. The molecule has 0 unspecified atom stereocenters. The Hall–Kier alpha value is -1.38. The fourth-order valence-electron chi connectivity index (χ4n) is 1.47. The summed E-state index contributed by atoms with van der Waals surface area (Å²) in [6.07, 6.45) is 1.61. The number of carboxylic acids is 1. The number of nitrogens with one attached hydrogen (secondary N) is 1. The molecule has 0 bridgehead atoms. The number of carboxylic acid groups (broad SMARTS) is 1. The van der Waals surface area contributed by atoms with Gasteiger partial charge < -0.3 is 15.2 Å². The molecule has 0 radical (unpaired) electrons. The van der Waals surface area contributed by atoms with Crippen molar-refractivity contribution in [2.24, 2.45) is 0 Å². The monoisotopic (exact) mass is 373 g/mol. The van der Waals surface area contributed by atoms with Crippen LogP contribution in [0.15, 0.2) is 27.6 Å². The van der Waals surface area contributed by atoms with Crippen LogP contribution in [0.25, 0.3) is 6.08 Å². The van der Waals surface area contributed by atoms with E-state index in [1.165, 1.54) is 0 Å². The van der Waals surface area contributed by atoms with E-state index >= 15 is 0 Å². The fourth-order valence-corrected chi connectivity index (χ4v) is 2.88. The van der Waals surface area contributed by atoms with Gasteiger partial charge in [-0.25, -0.2) is 4.79 Å². The van der Waals surface area contributed by atoms with Gasteiger partial charge in [0.05, 0.1) is 4.91 Å². The van der Waals surface area contributed by atoms with Gasteiger partial charge in [0.25, 0.3) is 5.91 Å². The van der Waals surface area contributed by atoms with Crippen molar-refractivity contribution in [3.63, 3.8) is 0 Å². The van der Waals surface area contributed by atoms with Gasteiger partial charge in [0, 0.05) is 10.0 Å². The van der Waals surface area contributed by atoms with E-state index in [4.69, 9.17) is 22.1 Å². The predicted molar refractivity (Wildman–Crippen MR) is 83.6 cm³/mol. The van der Waals surface area contributed by atoms with E-state index in [1.807, 2.05) is 0 Å². The molecule has 1 fully saturated rings. The molecular weight excluding hydrogens is 366 g/mol. The van der Waals surface area contributed by atoms with Crippen LogP contribution in [-0.2, 0) is 9.59 Å².